The molecule has 6 aromatic rings. The van der Waals surface area contributed by atoms with Crippen LogP contribution in [0.1, 0.15) is 16.6 Å². The largest absolute Gasteiger partial charge is 0.491 e. The molecule has 0 aliphatic carbocycles. The Hall–Kier alpha value is -4.48. The van der Waals surface area contributed by atoms with Crippen molar-refractivity contribution in [3.05, 3.63) is 60.0 Å². The van der Waals surface area contributed by atoms with E-state index in [1.807, 2.05) is 44.4 Å². The molecule has 0 spiro atoms. The maximum Gasteiger partial charge on any atom is 0.178 e. The summed E-state index contributed by atoms with van der Waals surface area (Å²) in [6.07, 6.45) is 6.94. The molecule has 0 aromatic carbocycles. The van der Waals surface area contributed by atoms with Crippen LogP contribution in [-0.2, 0) is 0 Å². The topological polar surface area (TPSA) is 126 Å². The van der Waals surface area contributed by atoms with Gasteiger partial charge in [0, 0.05) is 40.3 Å². The first kappa shape index (κ1) is 23.9. The lowest BCUT2D eigenvalue weighted by Crippen LogP contribution is -2.19. The number of H-pyrrole nitrogens is 2. The summed E-state index contributed by atoms with van der Waals surface area (Å²) in [4.78, 5) is 37.1. The Kier molecular flexibility index (Phi) is 6.14. The molecule has 6 heterocycles. The molecule has 2 N–H and O–H groups in total. The number of aromatic amines is 2. The average molecular weight is 525 g/mol. The van der Waals surface area contributed by atoms with Crippen molar-refractivity contribution in [1.29, 1.82) is 0 Å². The van der Waals surface area contributed by atoms with Gasteiger partial charge in [0.2, 0.25) is 0 Å². The molecular weight excluding hydrogens is 500 g/mol. The van der Waals surface area contributed by atoms with Crippen molar-refractivity contribution in [3.8, 4) is 39.0 Å². The third-order valence-corrected chi connectivity index (χ3v) is 7.32. The molecule has 0 unspecified atom stereocenters. The Morgan fingerprint density at radius 1 is 1.11 bits per heavy atom. The molecule has 0 atom stereocenters. The highest BCUT2D eigenvalue weighted by molar-refractivity contribution is 7.17. The van der Waals surface area contributed by atoms with Crippen LogP contribution in [0.3, 0.4) is 0 Å². The summed E-state index contributed by atoms with van der Waals surface area (Å²) in [6, 6.07) is 9.62. The minimum atomic E-state index is 0.0464. The van der Waals surface area contributed by atoms with E-state index in [2.05, 4.69) is 35.0 Å². The zero-order valence-corrected chi connectivity index (χ0v) is 21.8. The van der Waals surface area contributed by atoms with E-state index < -0.39 is 0 Å². The van der Waals surface area contributed by atoms with Crippen LogP contribution in [0.2, 0.25) is 0 Å². The van der Waals surface area contributed by atoms with E-state index in [4.69, 9.17) is 9.72 Å². The molecule has 0 aliphatic rings. The van der Waals surface area contributed by atoms with Gasteiger partial charge in [-0.15, -0.1) is 11.3 Å². The molecule has 190 valence electrons. The zero-order valence-electron chi connectivity index (χ0n) is 21.0. The molecule has 0 amide bonds. The lowest BCUT2D eigenvalue weighted by molar-refractivity contribution is 0.102. The second-order valence-electron chi connectivity index (χ2n) is 9.11. The Labute approximate surface area is 221 Å². The quantitative estimate of drug-likeness (QED) is 0.271. The Bertz CT molecular complexity index is 1780. The highest BCUT2D eigenvalue weighted by Gasteiger charge is 2.18. The summed E-state index contributed by atoms with van der Waals surface area (Å²) >= 11 is 1.45. The van der Waals surface area contributed by atoms with Crippen molar-refractivity contribution < 1.29 is 9.53 Å². The van der Waals surface area contributed by atoms with E-state index in [0.29, 0.717) is 34.4 Å². The number of pyridine rings is 3. The third kappa shape index (κ3) is 4.53. The number of thiophene rings is 1. The summed E-state index contributed by atoms with van der Waals surface area (Å²) in [7, 11) is 4.01. The molecule has 0 saturated heterocycles. The predicted molar refractivity (Wildman–Crippen MR) is 147 cm³/mol. The number of aromatic nitrogens is 7. The van der Waals surface area contributed by atoms with Gasteiger partial charge >= 0.3 is 0 Å². The Balaban J connectivity index is 1.37. The van der Waals surface area contributed by atoms with Crippen molar-refractivity contribution in [2.75, 3.05) is 27.2 Å². The van der Waals surface area contributed by atoms with Crippen LogP contribution in [0.5, 0.6) is 5.75 Å². The number of hydrogen-bond acceptors (Lipinski definition) is 9. The molecule has 11 heteroatoms. The van der Waals surface area contributed by atoms with Crippen LogP contribution < -0.4 is 4.74 Å². The fraction of sp³-hybridized carbons (Fsp3) is 0.185. The van der Waals surface area contributed by atoms with E-state index in [-0.39, 0.29) is 5.78 Å². The second kappa shape index (κ2) is 9.77. The first-order chi connectivity index (χ1) is 18.5. The SMILES string of the molecule is CC(=O)c1ccc(-c2ccnc3nc(-c4n[nH]c5cnc(-c6cncc(OCCN(C)C)c6)cc45)[nH]c23)s1. The monoisotopic (exact) mass is 524 g/mol. The summed E-state index contributed by atoms with van der Waals surface area (Å²) in [5.74, 6) is 1.33. The number of hydrogen-bond donors (Lipinski definition) is 2. The summed E-state index contributed by atoms with van der Waals surface area (Å²) in [6.45, 7) is 2.95. The summed E-state index contributed by atoms with van der Waals surface area (Å²) in [5, 5.41) is 8.44. The smallest absolute Gasteiger partial charge is 0.178 e. The molecule has 0 aliphatic heterocycles. The van der Waals surface area contributed by atoms with Gasteiger partial charge in [-0.1, -0.05) is 0 Å². The molecule has 6 aromatic heterocycles. The molecule has 0 bridgehead atoms. The fourth-order valence-electron chi connectivity index (χ4n) is 4.14. The van der Waals surface area contributed by atoms with Gasteiger partial charge in [0.25, 0.3) is 0 Å². The van der Waals surface area contributed by atoms with E-state index in [1.165, 1.54) is 11.3 Å². The van der Waals surface area contributed by atoms with Crippen LogP contribution in [0.4, 0.5) is 0 Å². The number of imidazole rings is 1. The average Bonchev–Trinajstić information content (AvgIpc) is 3.66. The van der Waals surface area contributed by atoms with Gasteiger partial charge < -0.3 is 14.6 Å². The maximum atomic E-state index is 11.8. The van der Waals surface area contributed by atoms with Crippen LogP contribution in [-0.4, -0.2) is 73.0 Å². The molecular formula is C27H24N8O2S. The number of nitrogens with one attached hydrogen (secondary N) is 2. The lowest BCUT2D eigenvalue weighted by atomic mass is 10.1. The second-order valence-corrected chi connectivity index (χ2v) is 10.2. The highest BCUT2D eigenvalue weighted by Crippen LogP contribution is 2.35. The van der Waals surface area contributed by atoms with Crippen LogP contribution in [0, 0.1) is 0 Å². The minimum absolute atomic E-state index is 0.0464. The van der Waals surface area contributed by atoms with Crippen molar-refractivity contribution in [1.82, 2.24) is 40.0 Å². The van der Waals surface area contributed by atoms with Crippen molar-refractivity contribution in [3.63, 3.8) is 0 Å². The number of nitrogens with zero attached hydrogens (tertiary/aromatic N) is 6. The first-order valence-electron chi connectivity index (χ1n) is 12.0. The highest BCUT2D eigenvalue weighted by atomic mass is 32.1. The molecule has 0 radical (unpaired) electrons. The normalized spacial score (nSPS) is 11.6. The first-order valence-corrected chi connectivity index (χ1v) is 12.8. The fourth-order valence-corrected chi connectivity index (χ4v) is 5.07. The summed E-state index contributed by atoms with van der Waals surface area (Å²) < 4.78 is 5.85. The number of likely N-dealkylation sites (N-methyl/N-ethyl adjacent to an activating group) is 1. The van der Waals surface area contributed by atoms with Crippen molar-refractivity contribution >= 4 is 39.2 Å². The molecule has 0 fully saturated rings. The predicted octanol–water partition coefficient (Wildman–Crippen LogP) is 4.83. The third-order valence-electron chi connectivity index (χ3n) is 6.10. The zero-order chi connectivity index (χ0) is 26.2. The van der Waals surface area contributed by atoms with E-state index in [0.717, 1.165) is 44.7 Å². The molecule has 38 heavy (non-hydrogen) atoms. The number of rotatable bonds is 8. The van der Waals surface area contributed by atoms with Crippen molar-refractivity contribution in [2.24, 2.45) is 0 Å². The number of ketones is 1. The van der Waals surface area contributed by atoms with Gasteiger partial charge in [0.05, 0.1) is 34.0 Å². The lowest BCUT2D eigenvalue weighted by Gasteiger charge is -2.11. The van der Waals surface area contributed by atoms with Gasteiger partial charge in [0.1, 0.15) is 18.1 Å². The minimum Gasteiger partial charge on any atom is -0.491 e. The van der Waals surface area contributed by atoms with Gasteiger partial charge in [-0.05, 0) is 51.4 Å². The standard InChI is InChI=1S/C27H24N8O2S/c1-15(36)22-4-5-23(38-22)18-6-7-29-26-24(18)31-27(32-26)25-19-11-20(30-14-21(19)33-34-25)16-10-17(13-28-12-16)37-9-8-35(2)3/h4-7,10-14H,8-9H2,1-3H3,(H,33,34)(H,29,31,32). The number of carbonyl (C=O) groups is 1. The van der Waals surface area contributed by atoms with Gasteiger partial charge in [-0.25, -0.2) is 9.97 Å². The van der Waals surface area contributed by atoms with Crippen LogP contribution >= 0.6 is 11.3 Å². The van der Waals surface area contributed by atoms with Gasteiger partial charge in [0.15, 0.2) is 17.3 Å². The number of carbonyl (C=O) groups excluding carboxylic acids is 1. The Morgan fingerprint density at radius 2 is 2.00 bits per heavy atom. The van der Waals surface area contributed by atoms with E-state index in [9.17, 15) is 4.79 Å². The van der Waals surface area contributed by atoms with Crippen molar-refractivity contribution in [2.45, 2.75) is 6.92 Å². The molecule has 6 rings (SSSR count). The van der Waals surface area contributed by atoms with Gasteiger partial charge in [-0.2, -0.15) is 5.10 Å². The number of fused-ring (bicyclic) bond motifs is 2. The molecule has 10 nitrogen and oxygen atoms in total. The maximum absolute atomic E-state index is 11.8. The summed E-state index contributed by atoms with van der Waals surface area (Å²) in [5.41, 5.74) is 5.34. The number of Topliss-reactive ketones (excluding diaryl/α,β-unsaturated/α-hetero) is 1. The van der Waals surface area contributed by atoms with Crippen LogP contribution in [0.25, 0.3) is 55.3 Å². The van der Waals surface area contributed by atoms with E-state index >= 15 is 0 Å². The van der Waals surface area contributed by atoms with Crippen LogP contribution in [0.15, 0.2) is 55.1 Å². The Morgan fingerprint density at radius 3 is 2.82 bits per heavy atom. The number of ether oxygens (including phenoxy) is 1. The molecule has 0 saturated carbocycles. The van der Waals surface area contributed by atoms with E-state index in [1.54, 1.807) is 31.7 Å². The van der Waals surface area contributed by atoms with Gasteiger partial charge in [-0.3, -0.25) is 19.9 Å².